The van der Waals surface area contributed by atoms with E-state index in [2.05, 4.69) is 25.8 Å². The van der Waals surface area contributed by atoms with Gasteiger partial charge in [0.2, 0.25) is 0 Å². The number of nitro groups is 1. The van der Waals surface area contributed by atoms with E-state index in [9.17, 15) is 24.5 Å². The molecule has 0 spiro atoms. The number of anilines is 1. The second-order valence-electron chi connectivity index (χ2n) is 7.34. The van der Waals surface area contributed by atoms with Gasteiger partial charge in [-0.1, -0.05) is 6.07 Å². The van der Waals surface area contributed by atoms with Crippen LogP contribution in [0, 0.1) is 24.0 Å². The minimum absolute atomic E-state index is 0.0956. The number of nitro benzene ring substituents is 1. The molecule has 1 amide bonds. The molecule has 2 aromatic carbocycles. The number of non-ortho nitro benzene ring substituents is 1. The zero-order chi connectivity index (χ0) is 25.0. The Morgan fingerprint density at radius 1 is 1.18 bits per heavy atom. The molecule has 0 saturated heterocycles. The van der Waals surface area contributed by atoms with Crippen LogP contribution in [0.4, 0.5) is 11.4 Å². The van der Waals surface area contributed by atoms with Gasteiger partial charge >= 0.3 is 5.97 Å². The minimum atomic E-state index is -1.58. The molecule has 0 fully saturated rings. The van der Waals surface area contributed by atoms with E-state index in [1.807, 2.05) is 19.9 Å². The van der Waals surface area contributed by atoms with Crippen LogP contribution in [-0.2, 0) is 14.3 Å². The van der Waals surface area contributed by atoms with Gasteiger partial charge in [0.1, 0.15) is 11.4 Å². The predicted octanol–water partition coefficient (Wildman–Crippen LogP) is 1.92. The summed E-state index contributed by atoms with van der Waals surface area (Å²) in [6.07, 6.45) is 0. The average molecular weight is 466 g/mol. The topological polar surface area (TPSA) is 169 Å². The van der Waals surface area contributed by atoms with Crippen LogP contribution >= 0.6 is 0 Å². The van der Waals surface area contributed by atoms with E-state index in [1.54, 1.807) is 12.1 Å². The average Bonchev–Trinajstić information content (AvgIpc) is 2.80. The molecule has 1 aromatic heterocycles. The van der Waals surface area contributed by atoms with Crippen LogP contribution in [0.1, 0.15) is 22.7 Å². The first-order valence-electron chi connectivity index (χ1n) is 10.1. The molecule has 3 N–H and O–H groups in total. The maximum Gasteiger partial charge on any atom is 0.321 e. The molecule has 0 saturated carbocycles. The number of nitrogens with one attached hydrogen (secondary N) is 3. The third-order valence-electron chi connectivity index (χ3n) is 5.13. The molecule has 3 rings (SSSR count). The second-order valence-corrected chi connectivity index (χ2v) is 7.34. The fourth-order valence-electron chi connectivity index (χ4n) is 3.25. The molecular weight excluding hydrogens is 444 g/mol. The SMILES string of the molecule is CN/N=C(/C(=O)Nc1ccc(C)c(C)c1)[C@@H](C(=O)OC)c1nc2ccc([N+](=O)[O-])cc2[nH]c1=O. The van der Waals surface area contributed by atoms with Crippen molar-refractivity contribution in [2.45, 2.75) is 19.8 Å². The van der Waals surface area contributed by atoms with Crippen molar-refractivity contribution in [2.75, 3.05) is 19.5 Å². The first-order valence-corrected chi connectivity index (χ1v) is 10.1. The van der Waals surface area contributed by atoms with Crippen LogP contribution in [0.2, 0.25) is 0 Å². The Balaban J connectivity index is 2.10. The monoisotopic (exact) mass is 466 g/mol. The van der Waals surface area contributed by atoms with Gasteiger partial charge in [-0.05, 0) is 43.2 Å². The number of nitrogens with zero attached hydrogens (tertiary/aromatic N) is 3. The predicted molar refractivity (Wildman–Crippen MR) is 125 cm³/mol. The first kappa shape index (κ1) is 24.0. The van der Waals surface area contributed by atoms with Crippen molar-refractivity contribution in [3.05, 3.63) is 73.7 Å². The van der Waals surface area contributed by atoms with Gasteiger partial charge in [-0.3, -0.25) is 24.5 Å². The Kier molecular flexibility index (Phi) is 7.00. The summed E-state index contributed by atoms with van der Waals surface area (Å²) in [4.78, 5) is 55.8. The maximum atomic E-state index is 13.1. The Labute approximate surface area is 193 Å². The number of benzene rings is 2. The number of hydrogen-bond acceptors (Lipinski definition) is 9. The first-order chi connectivity index (χ1) is 16.2. The Bertz CT molecular complexity index is 1380. The van der Waals surface area contributed by atoms with E-state index >= 15 is 0 Å². The molecule has 3 aromatic rings. The van der Waals surface area contributed by atoms with Crippen molar-refractivity contribution in [3.8, 4) is 0 Å². The van der Waals surface area contributed by atoms with E-state index in [4.69, 9.17) is 4.74 Å². The summed E-state index contributed by atoms with van der Waals surface area (Å²) < 4.78 is 4.84. The fraction of sp³-hybridized carbons (Fsp3) is 0.227. The highest BCUT2D eigenvalue weighted by molar-refractivity contribution is 6.47. The van der Waals surface area contributed by atoms with Crippen molar-refractivity contribution in [3.63, 3.8) is 0 Å². The number of fused-ring (bicyclic) bond motifs is 1. The van der Waals surface area contributed by atoms with Crippen LogP contribution in [-0.4, -0.2) is 46.6 Å². The van der Waals surface area contributed by atoms with Crippen molar-refractivity contribution < 1.29 is 19.2 Å². The molecule has 1 heterocycles. The summed E-state index contributed by atoms with van der Waals surface area (Å²) in [5.74, 6) is -3.27. The summed E-state index contributed by atoms with van der Waals surface area (Å²) in [7, 11) is 2.53. The lowest BCUT2D eigenvalue weighted by molar-refractivity contribution is -0.384. The summed E-state index contributed by atoms with van der Waals surface area (Å²) in [6.45, 7) is 3.81. The molecule has 0 aliphatic carbocycles. The van der Waals surface area contributed by atoms with Gasteiger partial charge < -0.3 is 20.5 Å². The van der Waals surface area contributed by atoms with Gasteiger partial charge in [-0.25, -0.2) is 4.98 Å². The molecule has 0 radical (unpaired) electrons. The molecule has 0 bridgehead atoms. The highest BCUT2D eigenvalue weighted by atomic mass is 16.6. The molecular formula is C22H22N6O6. The summed E-state index contributed by atoms with van der Waals surface area (Å²) >= 11 is 0. The quantitative estimate of drug-likeness (QED) is 0.205. The van der Waals surface area contributed by atoms with Gasteiger partial charge in [0.25, 0.3) is 17.2 Å². The third kappa shape index (κ3) is 4.90. The molecule has 34 heavy (non-hydrogen) atoms. The number of methoxy groups -OCH3 is 1. The van der Waals surface area contributed by atoms with E-state index in [1.165, 1.54) is 19.2 Å². The van der Waals surface area contributed by atoms with Crippen molar-refractivity contribution in [1.82, 2.24) is 15.4 Å². The minimum Gasteiger partial charge on any atom is -0.468 e. The zero-order valence-electron chi connectivity index (χ0n) is 18.8. The fourth-order valence-corrected chi connectivity index (χ4v) is 3.25. The largest absolute Gasteiger partial charge is 0.468 e. The number of amides is 1. The van der Waals surface area contributed by atoms with E-state index < -0.39 is 28.3 Å². The second kappa shape index (κ2) is 9.90. The molecule has 12 nitrogen and oxygen atoms in total. The van der Waals surface area contributed by atoms with Crippen LogP contribution in [0.3, 0.4) is 0 Å². The number of carbonyl (C=O) groups excluding carboxylic acids is 2. The molecule has 0 aliphatic rings. The van der Waals surface area contributed by atoms with Gasteiger partial charge in [0.15, 0.2) is 5.92 Å². The number of rotatable bonds is 7. The molecule has 0 unspecified atom stereocenters. The Morgan fingerprint density at radius 3 is 2.53 bits per heavy atom. The number of hydrogen-bond donors (Lipinski definition) is 3. The summed E-state index contributed by atoms with van der Waals surface area (Å²) in [5.41, 5.74) is 3.40. The van der Waals surface area contributed by atoms with Gasteiger partial charge in [0.05, 0.1) is 23.1 Å². The maximum absolute atomic E-state index is 13.1. The Hall–Kier alpha value is -4.61. The van der Waals surface area contributed by atoms with E-state index in [-0.39, 0.29) is 28.1 Å². The lowest BCUT2D eigenvalue weighted by Gasteiger charge is -2.17. The number of aryl methyl sites for hydroxylation is 2. The number of ether oxygens (including phenoxy) is 1. The highest BCUT2D eigenvalue weighted by Crippen LogP contribution is 2.22. The summed E-state index contributed by atoms with van der Waals surface area (Å²) in [6, 6.07) is 8.96. The van der Waals surface area contributed by atoms with Crippen molar-refractivity contribution in [2.24, 2.45) is 5.10 Å². The van der Waals surface area contributed by atoms with Gasteiger partial charge in [0, 0.05) is 24.9 Å². The Morgan fingerprint density at radius 2 is 1.91 bits per heavy atom. The number of carbonyl (C=O) groups is 2. The molecule has 12 heteroatoms. The standard InChI is InChI=1S/C22H22N6O6/c1-11-5-6-13(9-12(11)2)24-21(30)19(27-23-3)17(22(31)34-4)18-20(29)26-16-10-14(28(32)33)7-8-15(16)25-18/h5-10,17,23H,1-4H3,(H,24,30)(H,26,29)/b27-19+/t17-/m0/s1. The molecule has 176 valence electrons. The lowest BCUT2D eigenvalue weighted by Crippen LogP contribution is -2.38. The smallest absolute Gasteiger partial charge is 0.321 e. The van der Waals surface area contributed by atoms with Gasteiger partial charge in [-0.2, -0.15) is 5.10 Å². The highest BCUT2D eigenvalue weighted by Gasteiger charge is 2.36. The van der Waals surface area contributed by atoms with Gasteiger partial charge in [-0.15, -0.1) is 0 Å². The van der Waals surface area contributed by atoms with E-state index in [0.29, 0.717) is 5.69 Å². The lowest BCUT2D eigenvalue weighted by atomic mass is 9.98. The number of aromatic nitrogens is 2. The number of H-pyrrole nitrogens is 1. The van der Waals surface area contributed by atoms with E-state index in [0.717, 1.165) is 24.3 Å². The van der Waals surface area contributed by atoms with Crippen molar-refractivity contribution in [1.29, 1.82) is 0 Å². The normalized spacial score (nSPS) is 12.2. The molecule has 0 aliphatic heterocycles. The zero-order valence-corrected chi connectivity index (χ0v) is 18.8. The van der Waals surface area contributed by atoms with Crippen molar-refractivity contribution >= 4 is 40.0 Å². The number of aromatic amines is 1. The van der Waals surface area contributed by atoms with Crippen LogP contribution in [0.5, 0.6) is 0 Å². The number of hydrazone groups is 1. The van der Waals surface area contributed by atoms with Crippen LogP contribution in [0.25, 0.3) is 11.0 Å². The van der Waals surface area contributed by atoms with Crippen LogP contribution < -0.4 is 16.3 Å². The van der Waals surface area contributed by atoms with Crippen LogP contribution in [0.15, 0.2) is 46.3 Å². The molecule has 1 atom stereocenters. The third-order valence-corrected chi connectivity index (χ3v) is 5.13. The number of esters is 1. The summed E-state index contributed by atoms with van der Waals surface area (Å²) in [5, 5.41) is 17.6.